The molecule has 0 aliphatic heterocycles. The van der Waals surface area contributed by atoms with Crippen molar-refractivity contribution in [3.63, 3.8) is 0 Å². The molecule has 25 heavy (non-hydrogen) atoms. The number of fused-ring (bicyclic) bond motifs is 3. The SMILES string of the molecule is COc1ccc(/C=C(\Cl)c2nc3sc4c(c3c(=O)[nH]2)CCCC4)cc1. The topological polar surface area (TPSA) is 55.0 Å². The Bertz CT molecular complexity index is 1020. The predicted molar refractivity (Wildman–Crippen MR) is 104 cm³/mol. The van der Waals surface area contributed by atoms with Crippen molar-refractivity contribution in [3.8, 4) is 5.75 Å². The van der Waals surface area contributed by atoms with Crippen LogP contribution in [0.2, 0.25) is 0 Å². The molecule has 4 rings (SSSR count). The number of benzene rings is 1. The van der Waals surface area contributed by atoms with Gasteiger partial charge >= 0.3 is 0 Å². The number of methoxy groups -OCH3 is 1. The summed E-state index contributed by atoms with van der Waals surface area (Å²) in [5, 5.41) is 1.16. The van der Waals surface area contributed by atoms with Gasteiger partial charge in [0.1, 0.15) is 10.6 Å². The van der Waals surface area contributed by atoms with Crippen LogP contribution < -0.4 is 10.3 Å². The Balaban J connectivity index is 1.75. The summed E-state index contributed by atoms with van der Waals surface area (Å²) in [6.45, 7) is 0. The third-order valence-corrected chi connectivity index (χ3v) is 5.93. The maximum Gasteiger partial charge on any atom is 0.260 e. The lowest BCUT2D eigenvalue weighted by Gasteiger charge is -2.09. The van der Waals surface area contributed by atoms with Gasteiger partial charge in [-0.05, 0) is 55.0 Å². The first-order valence-electron chi connectivity index (χ1n) is 8.22. The van der Waals surface area contributed by atoms with Crippen molar-refractivity contribution in [2.24, 2.45) is 0 Å². The lowest BCUT2D eigenvalue weighted by atomic mass is 9.97. The number of aryl methyl sites for hydroxylation is 2. The number of aromatic amines is 1. The molecule has 0 atom stereocenters. The highest BCUT2D eigenvalue weighted by Crippen LogP contribution is 2.34. The van der Waals surface area contributed by atoms with E-state index >= 15 is 0 Å². The van der Waals surface area contributed by atoms with Crippen molar-refractivity contribution < 1.29 is 4.74 Å². The summed E-state index contributed by atoms with van der Waals surface area (Å²) in [7, 11) is 1.63. The molecule has 128 valence electrons. The second kappa shape index (κ2) is 6.65. The molecule has 2 aromatic heterocycles. The molecular formula is C19H17ClN2O2S. The number of rotatable bonds is 3. The van der Waals surface area contributed by atoms with Crippen LogP contribution >= 0.6 is 22.9 Å². The largest absolute Gasteiger partial charge is 0.497 e. The van der Waals surface area contributed by atoms with Gasteiger partial charge in [0, 0.05) is 4.88 Å². The van der Waals surface area contributed by atoms with Crippen LogP contribution in [0, 0.1) is 0 Å². The molecule has 0 saturated heterocycles. The number of nitrogens with one attached hydrogen (secondary N) is 1. The van der Waals surface area contributed by atoms with Gasteiger partial charge in [0.15, 0.2) is 5.82 Å². The van der Waals surface area contributed by atoms with Crippen LogP contribution in [-0.2, 0) is 12.8 Å². The summed E-state index contributed by atoms with van der Waals surface area (Å²) in [6.07, 6.45) is 6.12. The van der Waals surface area contributed by atoms with Crippen molar-refractivity contribution in [1.82, 2.24) is 9.97 Å². The number of hydrogen-bond donors (Lipinski definition) is 1. The van der Waals surface area contributed by atoms with E-state index in [0.29, 0.717) is 10.9 Å². The van der Waals surface area contributed by atoms with Gasteiger partial charge in [0.25, 0.3) is 5.56 Å². The van der Waals surface area contributed by atoms with Crippen LogP contribution in [0.5, 0.6) is 5.75 Å². The highest BCUT2D eigenvalue weighted by Gasteiger charge is 2.20. The quantitative estimate of drug-likeness (QED) is 0.730. The standard InChI is InChI=1S/C19H17ClN2O2S/c1-24-12-8-6-11(7-9-12)10-14(20)17-21-18(23)16-13-4-2-3-5-15(13)25-19(16)22-17/h6-10H,2-5H2,1H3,(H,21,22,23)/b14-10-. The fourth-order valence-corrected chi connectivity index (χ4v) is 4.67. The van der Waals surface area contributed by atoms with Crippen LogP contribution in [0.15, 0.2) is 29.1 Å². The van der Waals surface area contributed by atoms with Gasteiger partial charge in [-0.25, -0.2) is 4.98 Å². The summed E-state index contributed by atoms with van der Waals surface area (Å²) in [5.74, 6) is 1.19. The zero-order valence-corrected chi connectivity index (χ0v) is 15.3. The molecule has 0 unspecified atom stereocenters. The number of H-pyrrole nitrogens is 1. The van der Waals surface area contributed by atoms with E-state index in [-0.39, 0.29) is 5.56 Å². The normalized spacial score (nSPS) is 14.6. The zero-order chi connectivity index (χ0) is 17.4. The van der Waals surface area contributed by atoms with E-state index in [1.165, 1.54) is 16.9 Å². The first-order valence-corrected chi connectivity index (χ1v) is 9.41. The predicted octanol–water partition coefficient (Wildman–Crippen LogP) is 4.61. The molecule has 4 nitrogen and oxygen atoms in total. The molecule has 0 spiro atoms. The molecule has 3 aromatic rings. The Labute approximate surface area is 154 Å². The van der Waals surface area contributed by atoms with E-state index in [9.17, 15) is 4.79 Å². The lowest BCUT2D eigenvalue weighted by molar-refractivity contribution is 0.415. The smallest absolute Gasteiger partial charge is 0.260 e. The number of aromatic nitrogens is 2. The maximum absolute atomic E-state index is 12.6. The van der Waals surface area contributed by atoms with Crippen LogP contribution in [0.4, 0.5) is 0 Å². The van der Waals surface area contributed by atoms with Gasteiger partial charge in [-0.2, -0.15) is 0 Å². The maximum atomic E-state index is 12.6. The van der Waals surface area contributed by atoms with Crippen LogP contribution in [0.25, 0.3) is 21.3 Å². The molecule has 0 saturated carbocycles. The van der Waals surface area contributed by atoms with E-state index in [0.717, 1.165) is 40.8 Å². The minimum atomic E-state index is -0.0966. The zero-order valence-electron chi connectivity index (χ0n) is 13.8. The first-order chi connectivity index (χ1) is 12.2. The Morgan fingerprint density at radius 3 is 2.80 bits per heavy atom. The van der Waals surface area contributed by atoms with Crippen molar-refractivity contribution in [2.75, 3.05) is 7.11 Å². The summed E-state index contributed by atoms with van der Waals surface area (Å²) >= 11 is 8.04. The fourth-order valence-electron chi connectivity index (χ4n) is 3.19. The van der Waals surface area contributed by atoms with Crippen LogP contribution in [0.3, 0.4) is 0 Å². The Hall–Kier alpha value is -2.11. The van der Waals surface area contributed by atoms with E-state index in [1.54, 1.807) is 24.5 Å². The molecule has 0 fully saturated rings. The Kier molecular flexibility index (Phi) is 4.36. The molecule has 1 aliphatic rings. The van der Waals surface area contributed by atoms with E-state index in [2.05, 4.69) is 9.97 Å². The third kappa shape index (κ3) is 3.10. The van der Waals surface area contributed by atoms with E-state index in [4.69, 9.17) is 16.3 Å². The summed E-state index contributed by atoms with van der Waals surface area (Å²) < 4.78 is 5.15. The molecule has 0 bridgehead atoms. The summed E-state index contributed by atoms with van der Waals surface area (Å²) in [6, 6.07) is 7.54. The molecule has 1 aliphatic carbocycles. The number of ether oxygens (including phenoxy) is 1. The van der Waals surface area contributed by atoms with Gasteiger partial charge in [-0.15, -0.1) is 11.3 Å². The molecule has 0 amide bonds. The highest BCUT2D eigenvalue weighted by atomic mass is 35.5. The van der Waals surface area contributed by atoms with E-state index < -0.39 is 0 Å². The Morgan fingerprint density at radius 1 is 1.28 bits per heavy atom. The minimum Gasteiger partial charge on any atom is -0.497 e. The molecule has 1 aromatic carbocycles. The molecular weight excluding hydrogens is 356 g/mol. The van der Waals surface area contributed by atoms with Crippen molar-refractivity contribution in [2.45, 2.75) is 25.7 Å². The number of nitrogens with zero attached hydrogens (tertiary/aromatic N) is 1. The molecule has 2 heterocycles. The highest BCUT2D eigenvalue weighted by molar-refractivity contribution is 7.18. The summed E-state index contributed by atoms with van der Waals surface area (Å²) in [5.41, 5.74) is 2.00. The Morgan fingerprint density at radius 2 is 2.04 bits per heavy atom. The second-order valence-electron chi connectivity index (χ2n) is 6.07. The second-order valence-corrected chi connectivity index (χ2v) is 7.56. The molecule has 6 heteroatoms. The molecule has 0 radical (unpaired) electrons. The van der Waals surface area contributed by atoms with Crippen LogP contribution in [0.1, 0.15) is 34.7 Å². The number of thiophene rings is 1. The van der Waals surface area contributed by atoms with Crippen molar-refractivity contribution in [1.29, 1.82) is 0 Å². The fraction of sp³-hybridized carbons (Fsp3) is 0.263. The first kappa shape index (κ1) is 16.4. The minimum absolute atomic E-state index is 0.0966. The lowest BCUT2D eigenvalue weighted by Crippen LogP contribution is -2.12. The van der Waals surface area contributed by atoms with Gasteiger partial charge in [-0.1, -0.05) is 23.7 Å². The molecule has 1 N–H and O–H groups in total. The monoisotopic (exact) mass is 372 g/mol. The average Bonchev–Trinajstić information content (AvgIpc) is 3.01. The van der Waals surface area contributed by atoms with Crippen molar-refractivity contribution in [3.05, 3.63) is 56.4 Å². The van der Waals surface area contributed by atoms with E-state index in [1.807, 2.05) is 24.3 Å². The average molecular weight is 373 g/mol. The van der Waals surface area contributed by atoms with Gasteiger partial charge in [-0.3, -0.25) is 4.79 Å². The third-order valence-electron chi connectivity index (χ3n) is 4.46. The van der Waals surface area contributed by atoms with Gasteiger partial charge < -0.3 is 9.72 Å². The van der Waals surface area contributed by atoms with Crippen LogP contribution in [-0.4, -0.2) is 17.1 Å². The number of hydrogen-bond acceptors (Lipinski definition) is 4. The van der Waals surface area contributed by atoms with Crippen molar-refractivity contribution >= 4 is 44.3 Å². The number of halogens is 1. The summed E-state index contributed by atoms with van der Waals surface area (Å²) in [4.78, 5) is 22.1. The van der Waals surface area contributed by atoms with Gasteiger partial charge in [0.2, 0.25) is 0 Å². The van der Waals surface area contributed by atoms with Gasteiger partial charge in [0.05, 0.1) is 17.5 Å².